The predicted octanol–water partition coefficient (Wildman–Crippen LogP) is 2.75. The van der Waals surface area contributed by atoms with E-state index in [0.29, 0.717) is 30.5 Å². The molecule has 9 nitrogen and oxygen atoms in total. The molecular weight excluding hydrogens is 432 g/mol. The van der Waals surface area contributed by atoms with Crippen molar-refractivity contribution in [3.8, 4) is 5.75 Å². The minimum absolute atomic E-state index is 0.0123. The number of anilines is 1. The summed E-state index contributed by atoms with van der Waals surface area (Å²) < 4.78 is 33.6. The van der Waals surface area contributed by atoms with Crippen molar-refractivity contribution in [3.05, 3.63) is 58.5 Å². The minimum Gasteiger partial charge on any atom is -0.492 e. The molecule has 0 saturated carbocycles. The van der Waals surface area contributed by atoms with Gasteiger partial charge in [0.2, 0.25) is 10.0 Å². The van der Waals surface area contributed by atoms with Gasteiger partial charge in [0.05, 0.1) is 12.0 Å². The Bertz CT molecular complexity index is 1310. The van der Waals surface area contributed by atoms with E-state index < -0.39 is 21.5 Å². The topological polar surface area (TPSA) is 121 Å². The van der Waals surface area contributed by atoms with Gasteiger partial charge in [-0.3, -0.25) is 9.59 Å². The molecule has 1 amide bonds. The molecular formula is C22H24N4O5S. The summed E-state index contributed by atoms with van der Waals surface area (Å²) >= 11 is 0. The molecule has 0 bridgehead atoms. The summed E-state index contributed by atoms with van der Waals surface area (Å²) in [5, 5.41) is 9.66. The SMILES string of the molecule is CCOc1ccc(NC(=O)c2n[nH]c(=O)c3ccccc23)cc1S(=O)(=O)N1CCCCC1. The second-order valence-electron chi connectivity index (χ2n) is 7.46. The Hall–Kier alpha value is -3.24. The number of piperidine rings is 1. The zero-order valence-electron chi connectivity index (χ0n) is 17.6. The molecule has 3 aromatic rings. The third-order valence-electron chi connectivity index (χ3n) is 5.35. The number of benzene rings is 2. The zero-order chi connectivity index (χ0) is 22.7. The third-order valence-corrected chi connectivity index (χ3v) is 7.27. The Morgan fingerprint density at radius 1 is 1.12 bits per heavy atom. The Morgan fingerprint density at radius 2 is 1.84 bits per heavy atom. The van der Waals surface area contributed by atoms with Gasteiger partial charge in [0.25, 0.3) is 11.5 Å². The van der Waals surface area contributed by atoms with Gasteiger partial charge in [-0.1, -0.05) is 24.6 Å². The van der Waals surface area contributed by atoms with Crippen molar-refractivity contribution in [1.29, 1.82) is 0 Å². The van der Waals surface area contributed by atoms with Crippen LogP contribution in [0.25, 0.3) is 10.8 Å². The molecule has 0 radical (unpaired) electrons. The number of fused-ring (bicyclic) bond motifs is 1. The standard InChI is InChI=1S/C22H24N4O5S/c1-2-31-18-11-10-15(14-19(18)32(29,30)26-12-6-3-7-13-26)23-22(28)20-16-8-4-5-9-17(16)21(27)25-24-20/h4-5,8-11,14H,2-3,6-7,12-13H2,1H3,(H,23,28)(H,25,27). The van der Waals surface area contributed by atoms with E-state index in [-0.39, 0.29) is 22.0 Å². The molecule has 10 heteroatoms. The Balaban J connectivity index is 1.69. The van der Waals surface area contributed by atoms with Crippen molar-refractivity contribution < 1.29 is 17.9 Å². The van der Waals surface area contributed by atoms with Crippen molar-refractivity contribution in [1.82, 2.24) is 14.5 Å². The fourth-order valence-electron chi connectivity index (χ4n) is 3.78. The molecule has 168 valence electrons. The summed E-state index contributed by atoms with van der Waals surface area (Å²) in [5.74, 6) is -0.327. The number of aromatic nitrogens is 2. The number of carbonyl (C=O) groups excluding carboxylic acids is 1. The molecule has 2 heterocycles. The molecule has 1 saturated heterocycles. The molecule has 1 fully saturated rings. The van der Waals surface area contributed by atoms with Crippen LogP contribution in [0.2, 0.25) is 0 Å². The van der Waals surface area contributed by atoms with Crippen LogP contribution in [0.1, 0.15) is 36.7 Å². The van der Waals surface area contributed by atoms with Crippen molar-refractivity contribution >= 4 is 32.4 Å². The number of aromatic amines is 1. The Labute approximate surface area is 185 Å². The summed E-state index contributed by atoms with van der Waals surface area (Å²) in [6.07, 6.45) is 2.62. The number of hydrogen-bond donors (Lipinski definition) is 2. The Kier molecular flexibility index (Phi) is 6.24. The van der Waals surface area contributed by atoms with E-state index >= 15 is 0 Å². The van der Waals surface area contributed by atoms with E-state index in [0.717, 1.165) is 19.3 Å². The quantitative estimate of drug-likeness (QED) is 0.588. The zero-order valence-corrected chi connectivity index (χ0v) is 18.4. The molecule has 1 aromatic heterocycles. The van der Waals surface area contributed by atoms with Gasteiger partial charge in [0.1, 0.15) is 10.6 Å². The van der Waals surface area contributed by atoms with Crippen molar-refractivity contribution in [2.45, 2.75) is 31.1 Å². The number of hydrogen-bond acceptors (Lipinski definition) is 6. The Morgan fingerprint density at radius 3 is 2.56 bits per heavy atom. The first-order valence-corrected chi connectivity index (χ1v) is 11.9. The fraction of sp³-hybridized carbons (Fsp3) is 0.318. The monoisotopic (exact) mass is 456 g/mol. The second-order valence-corrected chi connectivity index (χ2v) is 9.37. The van der Waals surface area contributed by atoms with Gasteiger partial charge in [-0.25, -0.2) is 13.5 Å². The lowest BCUT2D eigenvalue weighted by Gasteiger charge is -2.27. The number of ether oxygens (including phenoxy) is 1. The molecule has 4 rings (SSSR count). The highest BCUT2D eigenvalue weighted by molar-refractivity contribution is 7.89. The number of nitrogens with one attached hydrogen (secondary N) is 2. The van der Waals surface area contributed by atoms with Crippen molar-refractivity contribution in [3.63, 3.8) is 0 Å². The van der Waals surface area contributed by atoms with Crippen molar-refractivity contribution in [2.75, 3.05) is 25.0 Å². The number of amides is 1. The van der Waals surface area contributed by atoms with Gasteiger partial charge in [0, 0.05) is 24.2 Å². The second kappa shape index (κ2) is 9.09. The summed E-state index contributed by atoms with van der Waals surface area (Å²) in [4.78, 5) is 24.9. The van der Waals surface area contributed by atoms with E-state index in [1.807, 2.05) is 0 Å². The first-order chi connectivity index (χ1) is 15.4. The molecule has 32 heavy (non-hydrogen) atoms. The maximum atomic E-state index is 13.3. The number of sulfonamides is 1. The molecule has 2 N–H and O–H groups in total. The first-order valence-electron chi connectivity index (χ1n) is 10.5. The number of carbonyl (C=O) groups is 1. The molecule has 2 aromatic carbocycles. The molecule has 0 aliphatic carbocycles. The predicted molar refractivity (Wildman–Crippen MR) is 121 cm³/mol. The highest BCUT2D eigenvalue weighted by atomic mass is 32.2. The summed E-state index contributed by atoms with van der Waals surface area (Å²) in [6.45, 7) is 3.00. The van der Waals surface area contributed by atoms with Gasteiger partial charge in [-0.15, -0.1) is 0 Å². The van der Waals surface area contributed by atoms with Crippen molar-refractivity contribution in [2.24, 2.45) is 0 Å². The summed E-state index contributed by atoms with van der Waals surface area (Å²) in [7, 11) is -3.78. The van der Waals surface area contributed by atoms with Crippen LogP contribution < -0.4 is 15.6 Å². The first kappa shape index (κ1) is 22.0. The average Bonchev–Trinajstić information content (AvgIpc) is 2.81. The third kappa shape index (κ3) is 4.23. The van der Waals surface area contributed by atoms with Crippen LogP contribution in [-0.4, -0.2) is 48.5 Å². The molecule has 0 unspecified atom stereocenters. The lowest BCUT2D eigenvalue weighted by Crippen LogP contribution is -2.35. The highest BCUT2D eigenvalue weighted by Gasteiger charge is 2.29. The summed E-state index contributed by atoms with van der Waals surface area (Å²) in [5.41, 5.74) is -0.0752. The number of nitrogens with zero attached hydrogens (tertiary/aromatic N) is 2. The van der Waals surface area contributed by atoms with Crippen LogP contribution in [0.15, 0.2) is 52.2 Å². The van der Waals surface area contributed by atoms with Crippen LogP contribution in [0.5, 0.6) is 5.75 Å². The molecule has 0 spiro atoms. The fourth-order valence-corrected chi connectivity index (χ4v) is 5.46. The van der Waals surface area contributed by atoms with Gasteiger partial charge < -0.3 is 10.1 Å². The largest absolute Gasteiger partial charge is 0.492 e. The van der Waals surface area contributed by atoms with Crippen LogP contribution in [0.3, 0.4) is 0 Å². The average molecular weight is 457 g/mol. The van der Waals surface area contributed by atoms with E-state index in [9.17, 15) is 18.0 Å². The molecule has 1 aliphatic rings. The lowest BCUT2D eigenvalue weighted by atomic mass is 10.1. The van der Waals surface area contributed by atoms with Crippen LogP contribution in [-0.2, 0) is 10.0 Å². The van der Waals surface area contributed by atoms with Crippen LogP contribution in [0, 0.1) is 0 Å². The van der Waals surface area contributed by atoms with Crippen LogP contribution in [0.4, 0.5) is 5.69 Å². The van der Waals surface area contributed by atoms with Gasteiger partial charge in [-0.05, 0) is 44.0 Å². The van der Waals surface area contributed by atoms with E-state index in [4.69, 9.17) is 4.74 Å². The van der Waals surface area contributed by atoms with E-state index in [2.05, 4.69) is 15.5 Å². The number of H-pyrrole nitrogens is 1. The normalized spacial score (nSPS) is 14.9. The van der Waals surface area contributed by atoms with Gasteiger partial charge in [0.15, 0.2) is 5.69 Å². The lowest BCUT2D eigenvalue weighted by molar-refractivity contribution is 0.102. The smallest absolute Gasteiger partial charge is 0.276 e. The van der Waals surface area contributed by atoms with Crippen LogP contribution >= 0.6 is 0 Å². The highest BCUT2D eigenvalue weighted by Crippen LogP contribution is 2.31. The van der Waals surface area contributed by atoms with E-state index in [1.54, 1.807) is 37.3 Å². The maximum Gasteiger partial charge on any atom is 0.276 e. The minimum atomic E-state index is -3.78. The number of rotatable bonds is 6. The molecule has 1 aliphatic heterocycles. The maximum absolute atomic E-state index is 13.3. The molecule has 0 atom stereocenters. The van der Waals surface area contributed by atoms with E-state index in [1.165, 1.54) is 16.4 Å². The summed E-state index contributed by atoms with van der Waals surface area (Å²) in [6, 6.07) is 11.2. The van der Waals surface area contributed by atoms with Gasteiger partial charge >= 0.3 is 0 Å². The van der Waals surface area contributed by atoms with Gasteiger partial charge in [-0.2, -0.15) is 9.40 Å².